The summed E-state index contributed by atoms with van der Waals surface area (Å²) in [4.78, 5) is 2.44. The highest BCUT2D eigenvalue weighted by molar-refractivity contribution is 6.32. The fraction of sp³-hybridized carbons (Fsp3) is 0.480. The number of nitrogens with zero attached hydrogens (tertiary/aromatic N) is 3. The van der Waals surface area contributed by atoms with Crippen LogP contribution in [0.1, 0.15) is 48.9 Å². The summed E-state index contributed by atoms with van der Waals surface area (Å²) in [7, 11) is 1.61. The summed E-state index contributed by atoms with van der Waals surface area (Å²) in [5.41, 5.74) is 6.50. The van der Waals surface area contributed by atoms with Gasteiger partial charge in [0.2, 0.25) is 0 Å². The van der Waals surface area contributed by atoms with Gasteiger partial charge in [0.25, 0.3) is 0 Å². The zero-order valence-electron chi connectivity index (χ0n) is 19.4. The molecule has 0 atom stereocenters. The van der Waals surface area contributed by atoms with Gasteiger partial charge in [-0.05, 0) is 41.7 Å². The molecule has 1 aliphatic rings. The van der Waals surface area contributed by atoms with E-state index in [1.165, 1.54) is 5.56 Å². The van der Waals surface area contributed by atoms with Crippen molar-refractivity contribution in [2.75, 3.05) is 32.6 Å². The third kappa shape index (κ3) is 6.60. The fourth-order valence-corrected chi connectivity index (χ4v) is 4.61. The van der Waals surface area contributed by atoms with Gasteiger partial charge < -0.3 is 4.74 Å². The number of likely N-dealkylation sites (tertiary alicyclic amines) is 1. The Bertz CT molecular complexity index is 966. The molecule has 0 bridgehead atoms. The Morgan fingerprint density at radius 3 is 2.45 bits per heavy atom. The van der Waals surface area contributed by atoms with Crippen molar-refractivity contribution >= 4 is 23.2 Å². The maximum absolute atomic E-state index is 9.61. The standard InChI is InChI=1S/C25H32Cl2N4O2/c1-25(2,21-14-19(16-28)24(23(27)15-21)33-13-10-26)20-6-4-18(5-7-20)17-31-11-8-22(9-12-31)29-30(3)32/h4-7,14-15,22,29,32H,8-13,17H2,1-3H3. The molecule has 33 heavy (non-hydrogen) atoms. The van der Waals surface area contributed by atoms with Gasteiger partial charge in [-0.1, -0.05) is 49.7 Å². The van der Waals surface area contributed by atoms with Crippen molar-refractivity contribution in [2.45, 2.75) is 44.7 Å². The van der Waals surface area contributed by atoms with E-state index in [-0.39, 0.29) is 5.41 Å². The lowest BCUT2D eigenvalue weighted by Crippen LogP contribution is -2.47. The number of halogens is 2. The number of ether oxygens (including phenoxy) is 1. The molecule has 2 aromatic rings. The van der Waals surface area contributed by atoms with Crippen LogP contribution in [0.15, 0.2) is 36.4 Å². The normalized spacial score (nSPS) is 15.6. The molecule has 0 aromatic heterocycles. The third-order valence-electron chi connectivity index (χ3n) is 6.25. The van der Waals surface area contributed by atoms with Crippen LogP contribution in [0.2, 0.25) is 5.02 Å². The van der Waals surface area contributed by atoms with Crippen molar-refractivity contribution in [3.8, 4) is 11.8 Å². The number of rotatable bonds is 9. The first-order valence-electron chi connectivity index (χ1n) is 11.2. The number of piperidine rings is 1. The van der Waals surface area contributed by atoms with Crippen LogP contribution in [0.5, 0.6) is 5.75 Å². The summed E-state index contributed by atoms with van der Waals surface area (Å²) < 4.78 is 5.58. The van der Waals surface area contributed by atoms with E-state index < -0.39 is 0 Å². The third-order valence-corrected chi connectivity index (χ3v) is 6.68. The van der Waals surface area contributed by atoms with Gasteiger partial charge >= 0.3 is 0 Å². The predicted octanol–water partition coefficient (Wildman–Crippen LogP) is 4.95. The first-order valence-corrected chi connectivity index (χ1v) is 12.1. The maximum atomic E-state index is 9.61. The summed E-state index contributed by atoms with van der Waals surface area (Å²) in [6.07, 6.45) is 2.01. The van der Waals surface area contributed by atoms with Crippen molar-refractivity contribution in [1.29, 1.82) is 5.26 Å². The Hall–Kier alpha value is -1.85. The van der Waals surface area contributed by atoms with Crippen LogP contribution in [0.25, 0.3) is 0 Å². The molecule has 6 nitrogen and oxygen atoms in total. The average molecular weight is 491 g/mol. The number of hydrogen-bond donors (Lipinski definition) is 2. The molecule has 1 heterocycles. The van der Waals surface area contributed by atoms with Crippen LogP contribution < -0.4 is 10.2 Å². The van der Waals surface area contributed by atoms with Crippen LogP contribution in [0, 0.1) is 11.3 Å². The fourth-order valence-electron chi connectivity index (χ4n) is 4.26. The zero-order chi connectivity index (χ0) is 24.0. The predicted molar refractivity (Wildman–Crippen MR) is 132 cm³/mol. The van der Waals surface area contributed by atoms with Crippen LogP contribution >= 0.6 is 23.2 Å². The van der Waals surface area contributed by atoms with Gasteiger partial charge in [0.05, 0.1) is 16.5 Å². The van der Waals surface area contributed by atoms with Crippen LogP contribution in [-0.2, 0) is 12.0 Å². The Labute approximate surface area is 206 Å². The molecule has 0 saturated carbocycles. The highest BCUT2D eigenvalue weighted by atomic mass is 35.5. The van der Waals surface area contributed by atoms with E-state index >= 15 is 0 Å². The van der Waals surface area contributed by atoms with Crippen molar-refractivity contribution < 1.29 is 9.94 Å². The van der Waals surface area contributed by atoms with Gasteiger partial charge in [-0.25, -0.2) is 5.43 Å². The quantitative estimate of drug-likeness (QED) is 0.382. The molecule has 1 fully saturated rings. The molecule has 0 spiro atoms. The molecular weight excluding hydrogens is 459 g/mol. The summed E-state index contributed by atoms with van der Waals surface area (Å²) in [6.45, 7) is 7.44. The van der Waals surface area contributed by atoms with Gasteiger partial charge in [0, 0.05) is 38.1 Å². The first kappa shape index (κ1) is 25.8. The van der Waals surface area contributed by atoms with Crippen LogP contribution in [-0.4, -0.2) is 53.9 Å². The first-order chi connectivity index (χ1) is 15.7. The van der Waals surface area contributed by atoms with E-state index in [1.807, 2.05) is 12.1 Å². The van der Waals surface area contributed by atoms with E-state index in [2.05, 4.69) is 54.5 Å². The SMILES string of the molecule is CN(O)NC1CCN(Cc2ccc(C(C)(C)c3cc(Cl)c(OCCCl)c(C#N)c3)cc2)CC1. The monoisotopic (exact) mass is 490 g/mol. The second-order valence-corrected chi connectivity index (χ2v) is 9.79. The van der Waals surface area contributed by atoms with Crippen molar-refractivity contribution in [1.82, 2.24) is 15.5 Å². The minimum absolute atomic E-state index is 0.298. The van der Waals surface area contributed by atoms with Crippen molar-refractivity contribution in [2.24, 2.45) is 0 Å². The molecule has 0 aliphatic carbocycles. The molecule has 8 heteroatoms. The molecule has 0 unspecified atom stereocenters. The van der Waals surface area contributed by atoms with E-state index in [4.69, 9.17) is 27.9 Å². The van der Waals surface area contributed by atoms with Gasteiger partial charge in [-0.3, -0.25) is 10.1 Å². The van der Waals surface area contributed by atoms with Crippen molar-refractivity contribution in [3.05, 3.63) is 63.7 Å². The lowest BCUT2D eigenvalue weighted by atomic mass is 9.77. The Morgan fingerprint density at radius 2 is 1.88 bits per heavy atom. The molecule has 2 aromatic carbocycles. The van der Waals surface area contributed by atoms with Gasteiger partial charge in [-0.2, -0.15) is 5.26 Å². The topological polar surface area (TPSA) is 71.8 Å². The van der Waals surface area contributed by atoms with E-state index in [0.29, 0.717) is 34.9 Å². The number of nitrogens with one attached hydrogen (secondary N) is 1. The second kappa shape index (κ2) is 11.5. The Kier molecular flexibility index (Phi) is 9.00. The van der Waals surface area contributed by atoms with E-state index in [1.54, 1.807) is 7.05 Å². The number of hydrogen-bond acceptors (Lipinski definition) is 6. The van der Waals surface area contributed by atoms with Crippen molar-refractivity contribution in [3.63, 3.8) is 0 Å². The number of hydroxylamine groups is 1. The number of hydrazine groups is 1. The highest BCUT2D eigenvalue weighted by Gasteiger charge is 2.26. The Morgan fingerprint density at radius 1 is 1.21 bits per heavy atom. The number of alkyl halides is 1. The molecule has 3 rings (SSSR count). The average Bonchev–Trinajstić information content (AvgIpc) is 2.79. The molecule has 0 radical (unpaired) electrons. The number of benzene rings is 2. The lowest BCUT2D eigenvalue weighted by molar-refractivity contribution is -0.126. The van der Waals surface area contributed by atoms with Gasteiger partial charge in [0.15, 0.2) is 5.75 Å². The number of nitriles is 1. The van der Waals surface area contributed by atoms with E-state index in [0.717, 1.165) is 48.8 Å². The van der Waals surface area contributed by atoms with Crippen LogP contribution in [0.3, 0.4) is 0 Å². The smallest absolute Gasteiger partial charge is 0.155 e. The second-order valence-electron chi connectivity index (χ2n) is 9.01. The lowest BCUT2D eigenvalue weighted by Gasteiger charge is -2.33. The summed E-state index contributed by atoms with van der Waals surface area (Å²) in [5, 5.41) is 20.4. The molecule has 0 amide bonds. The molecular formula is C25H32Cl2N4O2. The molecule has 1 saturated heterocycles. The van der Waals surface area contributed by atoms with Gasteiger partial charge in [-0.15, -0.1) is 16.8 Å². The molecule has 1 aliphatic heterocycles. The summed E-state index contributed by atoms with van der Waals surface area (Å²) in [6, 6.07) is 14.9. The molecule has 178 valence electrons. The Balaban J connectivity index is 1.70. The minimum atomic E-state index is -0.334. The minimum Gasteiger partial charge on any atom is -0.489 e. The van der Waals surface area contributed by atoms with E-state index in [9.17, 15) is 10.5 Å². The summed E-state index contributed by atoms with van der Waals surface area (Å²) in [5.74, 6) is 0.717. The zero-order valence-corrected chi connectivity index (χ0v) is 21.0. The largest absolute Gasteiger partial charge is 0.489 e. The summed E-state index contributed by atoms with van der Waals surface area (Å²) >= 11 is 12.2. The highest BCUT2D eigenvalue weighted by Crippen LogP contribution is 2.38. The van der Waals surface area contributed by atoms with Gasteiger partial charge in [0.1, 0.15) is 12.7 Å². The maximum Gasteiger partial charge on any atom is 0.155 e. The van der Waals surface area contributed by atoms with Crippen LogP contribution in [0.4, 0.5) is 0 Å². The molecule has 2 N–H and O–H groups in total.